The van der Waals surface area contributed by atoms with Gasteiger partial charge in [0, 0.05) is 27.6 Å². The van der Waals surface area contributed by atoms with Gasteiger partial charge < -0.3 is 4.57 Å². The minimum Gasteiger partial charge on any atom is -0.309 e. The Morgan fingerprint density at radius 2 is 0.881 bits per heavy atom. The summed E-state index contributed by atoms with van der Waals surface area (Å²) in [5.41, 5.74) is 12.4. The summed E-state index contributed by atoms with van der Waals surface area (Å²) in [4.78, 5) is 5.40. The number of fused-ring (bicyclic) bond motifs is 10. The molecule has 0 fully saturated rings. The van der Waals surface area contributed by atoms with Crippen molar-refractivity contribution in [3.63, 3.8) is 0 Å². The van der Waals surface area contributed by atoms with Crippen LogP contribution in [-0.2, 0) is 0 Å². The molecule has 274 valence electrons. The molecule has 0 aliphatic heterocycles. The van der Waals surface area contributed by atoms with Crippen molar-refractivity contribution in [3.8, 4) is 50.5 Å². The highest BCUT2D eigenvalue weighted by molar-refractivity contribution is 6.29. The van der Waals surface area contributed by atoms with Crippen LogP contribution >= 0.6 is 0 Å². The lowest BCUT2D eigenvalue weighted by Gasteiger charge is -2.16. The van der Waals surface area contributed by atoms with Gasteiger partial charge in [0.05, 0.1) is 22.4 Å². The van der Waals surface area contributed by atoms with Gasteiger partial charge in [-0.25, -0.2) is 4.98 Å². The van der Waals surface area contributed by atoms with Gasteiger partial charge in [0.2, 0.25) is 0 Å². The molecular weight excluding hydrogens is 713 g/mol. The van der Waals surface area contributed by atoms with Crippen LogP contribution in [0, 0.1) is 0 Å². The first-order valence-corrected chi connectivity index (χ1v) is 20.3. The molecule has 0 saturated heterocycles. The zero-order valence-corrected chi connectivity index (χ0v) is 32.2. The zero-order valence-electron chi connectivity index (χ0n) is 32.2. The van der Waals surface area contributed by atoms with Gasteiger partial charge in [-0.1, -0.05) is 176 Å². The van der Waals surface area contributed by atoms with Gasteiger partial charge in [-0.3, -0.25) is 0 Å². The van der Waals surface area contributed by atoms with E-state index in [4.69, 9.17) is 4.98 Å². The van der Waals surface area contributed by atoms with Crippen molar-refractivity contribution in [2.24, 2.45) is 0 Å². The molecule has 0 aliphatic carbocycles. The molecule has 0 radical (unpaired) electrons. The van der Waals surface area contributed by atoms with E-state index in [-0.39, 0.29) is 0 Å². The van der Waals surface area contributed by atoms with E-state index in [1.165, 1.54) is 81.6 Å². The summed E-state index contributed by atoms with van der Waals surface area (Å²) in [6.45, 7) is 0. The molecule has 0 spiro atoms. The molecule has 0 atom stereocenters. The van der Waals surface area contributed by atoms with Crippen molar-refractivity contribution in [3.05, 3.63) is 218 Å². The molecule has 2 nitrogen and oxygen atoms in total. The molecule has 2 heterocycles. The van der Waals surface area contributed by atoms with Crippen LogP contribution in [0.5, 0.6) is 0 Å². The summed E-state index contributed by atoms with van der Waals surface area (Å²) in [5, 5.41) is 12.4. The van der Waals surface area contributed by atoms with Crippen LogP contribution in [0.3, 0.4) is 0 Å². The molecule has 0 unspecified atom stereocenters. The normalized spacial score (nSPS) is 11.7. The van der Waals surface area contributed by atoms with E-state index in [0.29, 0.717) is 0 Å². The van der Waals surface area contributed by atoms with Gasteiger partial charge in [0.1, 0.15) is 0 Å². The summed E-state index contributed by atoms with van der Waals surface area (Å²) < 4.78 is 2.43. The van der Waals surface area contributed by atoms with Gasteiger partial charge >= 0.3 is 0 Å². The summed E-state index contributed by atoms with van der Waals surface area (Å²) in [5.74, 6) is 0. The molecule has 0 bridgehead atoms. The number of para-hydroxylation sites is 1. The quantitative estimate of drug-likeness (QED) is 0.160. The lowest BCUT2D eigenvalue weighted by atomic mass is 9.88. The highest BCUT2D eigenvalue weighted by atomic mass is 15.0. The zero-order chi connectivity index (χ0) is 38.9. The van der Waals surface area contributed by atoms with Crippen LogP contribution in [0.1, 0.15) is 0 Å². The number of aromatic nitrogens is 2. The van der Waals surface area contributed by atoms with Crippen LogP contribution in [0.4, 0.5) is 0 Å². The second-order valence-electron chi connectivity index (χ2n) is 15.5. The van der Waals surface area contributed by atoms with Crippen molar-refractivity contribution in [1.29, 1.82) is 0 Å². The van der Waals surface area contributed by atoms with Crippen LogP contribution in [0.25, 0.3) is 115 Å². The minimum absolute atomic E-state index is 0.961. The Morgan fingerprint density at radius 1 is 0.288 bits per heavy atom. The first kappa shape index (κ1) is 33.3. The Bertz CT molecular complexity index is 3540. The topological polar surface area (TPSA) is 17.8 Å². The fraction of sp³-hybridized carbons (Fsp3) is 0. The molecule has 0 saturated carbocycles. The van der Waals surface area contributed by atoms with Crippen molar-refractivity contribution in [2.45, 2.75) is 0 Å². The Kier molecular flexibility index (Phi) is 7.57. The Hall–Kier alpha value is -7.81. The fourth-order valence-corrected chi connectivity index (χ4v) is 9.36. The number of rotatable bonds is 5. The average molecular weight is 749 g/mol. The number of nitrogens with zero attached hydrogens (tertiary/aromatic N) is 2. The van der Waals surface area contributed by atoms with E-state index >= 15 is 0 Å². The second-order valence-corrected chi connectivity index (χ2v) is 15.5. The summed E-state index contributed by atoms with van der Waals surface area (Å²) in [7, 11) is 0. The molecule has 0 amide bonds. The molecule has 2 heteroatoms. The first-order valence-electron chi connectivity index (χ1n) is 20.3. The maximum atomic E-state index is 5.40. The van der Waals surface area contributed by atoms with E-state index in [2.05, 4.69) is 223 Å². The molecule has 2 aromatic heterocycles. The third kappa shape index (κ3) is 5.45. The van der Waals surface area contributed by atoms with Gasteiger partial charge in [-0.05, 0) is 108 Å². The lowest BCUT2D eigenvalue weighted by Crippen LogP contribution is -1.94. The van der Waals surface area contributed by atoms with Crippen LogP contribution in [0.2, 0.25) is 0 Å². The van der Waals surface area contributed by atoms with Gasteiger partial charge in [-0.15, -0.1) is 0 Å². The number of pyridine rings is 1. The molecule has 12 aromatic rings. The van der Waals surface area contributed by atoms with Crippen molar-refractivity contribution in [2.75, 3.05) is 0 Å². The Morgan fingerprint density at radius 3 is 1.69 bits per heavy atom. The number of hydrogen-bond acceptors (Lipinski definition) is 1. The Labute approximate surface area is 341 Å². The van der Waals surface area contributed by atoms with E-state index in [1.54, 1.807) is 0 Å². The third-order valence-electron chi connectivity index (χ3n) is 12.1. The van der Waals surface area contributed by atoms with Gasteiger partial charge in [0.25, 0.3) is 0 Å². The predicted octanol–water partition coefficient (Wildman–Crippen LogP) is 15.5. The van der Waals surface area contributed by atoms with E-state index in [9.17, 15) is 0 Å². The van der Waals surface area contributed by atoms with Crippen LogP contribution in [0.15, 0.2) is 218 Å². The highest BCUT2D eigenvalue weighted by Gasteiger charge is 2.18. The standard InChI is InChI=1S/C57H36N2/c1-3-14-37(15-4-1)43-34-53(39-17-5-2-6-18-39)58-54(35-43)51-24-13-23-49-45-20-9-10-21-46(45)52-33-41(28-31-50(52)57(49)51)42-27-30-48-47-22-11-12-25-55(47)59(56(48)36-42)44-29-26-38-16-7-8-19-40(38)32-44/h1-36H. The fourth-order valence-electron chi connectivity index (χ4n) is 9.36. The highest BCUT2D eigenvalue weighted by Crippen LogP contribution is 2.43. The van der Waals surface area contributed by atoms with Crippen LogP contribution < -0.4 is 0 Å². The minimum atomic E-state index is 0.961. The average Bonchev–Trinajstić information content (AvgIpc) is 3.65. The van der Waals surface area contributed by atoms with Crippen molar-refractivity contribution < 1.29 is 0 Å². The summed E-state index contributed by atoms with van der Waals surface area (Å²) in [6, 6.07) is 79.4. The van der Waals surface area contributed by atoms with Crippen molar-refractivity contribution >= 4 is 64.9 Å². The third-order valence-corrected chi connectivity index (χ3v) is 12.1. The van der Waals surface area contributed by atoms with Crippen LogP contribution in [-0.4, -0.2) is 9.55 Å². The van der Waals surface area contributed by atoms with Crippen molar-refractivity contribution in [1.82, 2.24) is 9.55 Å². The molecule has 0 aliphatic rings. The molecule has 10 aromatic carbocycles. The molecule has 59 heavy (non-hydrogen) atoms. The SMILES string of the molecule is c1ccc(-c2cc(-c3ccccc3)nc(-c3cccc4c5ccccc5c5cc(-c6ccc7c8ccccc8n(-c8ccc9ccccc9c8)c7c6)ccc5c34)c2)cc1. The second kappa shape index (κ2) is 13.4. The molecule has 0 N–H and O–H groups in total. The smallest absolute Gasteiger partial charge is 0.0722 e. The molecular formula is C57H36N2. The maximum absolute atomic E-state index is 5.40. The predicted molar refractivity (Wildman–Crippen MR) is 250 cm³/mol. The summed E-state index contributed by atoms with van der Waals surface area (Å²) in [6.07, 6.45) is 0. The summed E-state index contributed by atoms with van der Waals surface area (Å²) >= 11 is 0. The number of hydrogen-bond donors (Lipinski definition) is 0. The van der Waals surface area contributed by atoms with E-state index in [0.717, 1.165) is 33.8 Å². The number of benzene rings is 10. The largest absolute Gasteiger partial charge is 0.309 e. The van der Waals surface area contributed by atoms with E-state index in [1.807, 2.05) is 0 Å². The monoisotopic (exact) mass is 748 g/mol. The molecule has 12 rings (SSSR count). The van der Waals surface area contributed by atoms with Gasteiger partial charge in [0.15, 0.2) is 0 Å². The first-order chi connectivity index (χ1) is 29.2. The Balaban J connectivity index is 1.09. The maximum Gasteiger partial charge on any atom is 0.0722 e. The lowest BCUT2D eigenvalue weighted by molar-refractivity contribution is 1.19. The van der Waals surface area contributed by atoms with Gasteiger partial charge in [-0.2, -0.15) is 0 Å². The van der Waals surface area contributed by atoms with E-state index < -0.39 is 0 Å².